The van der Waals surface area contributed by atoms with Crippen LogP contribution < -0.4 is 0 Å². The van der Waals surface area contributed by atoms with E-state index in [1.165, 1.54) is 23.9 Å². The molecule has 0 spiro atoms. The highest BCUT2D eigenvalue weighted by atomic mass is 32.2. The summed E-state index contributed by atoms with van der Waals surface area (Å²) >= 11 is 1.36. The standard InChI is InChI=1S/C25H23FN4OS/c1-29(17-20-12-14-21(26)15-13-20)24(31)18-32-25-28-27-23(16-19-8-4-2-5-9-19)30(25)22-10-6-3-7-11-22/h2-15H,16-18H2,1H3. The molecule has 1 aromatic heterocycles. The van der Waals surface area contributed by atoms with Crippen LogP contribution in [0.2, 0.25) is 0 Å². The Kier molecular flexibility index (Phi) is 6.97. The zero-order valence-electron chi connectivity index (χ0n) is 17.7. The summed E-state index contributed by atoms with van der Waals surface area (Å²) in [5, 5.41) is 9.47. The first-order valence-electron chi connectivity index (χ1n) is 10.2. The number of benzene rings is 3. The van der Waals surface area contributed by atoms with Gasteiger partial charge in [-0.05, 0) is 35.4 Å². The van der Waals surface area contributed by atoms with Gasteiger partial charge in [-0.3, -0.25) is 9.36 Å². The van der Waals surface area contributed by atoms with Crippen LogP contribution in [-0.2, 0) is 17.8 Å². The Labute approximate surface area is 190 Å². The Hall–Kier alpha value is -3.45. The third-order valence-corrected chi connectivity index (χ3v) is 5.92. The van der Waals surface area contributed by atoms with E-state index >= 15 is 0 Å². The SMILES string of the molecule is CN(Cc1ccc(F)cc1)C(=O)CSc1nnc(Cc2ccccc2)n1-c1ccccc1. The van der Waals surface area contributed by atoms with Gasteiger partial charge in [-0.2, -0.15) is 0 Å². The molecule has 0 aliphatic rings. The number of para-hydroxylation sites is 1. The molecule has 0 aliphatic heterocycles. The van der Waals surface area contributed by atoms with E-state index in [1.807, 2.05) is 53.1 Å². The number of hydrogen-bond donors (Lipinski definition) is 0. The lowest BCUT2D eigenvalue weighted by molar-refractivity contribution is -0.127. The summed E-state index contributed by atoms with van der Waals surface area (Å²) in [6.07, 6.45) is 0.641. The molecule has 4 aromatic rings. The van der Waals surface area contributed by atoms with E-state index in [2.05, 4.69) is 22.3 Å². The van der Waals surface area contributed by atoms with Crippen molar-refractivity contribution in [3.63, 3.8) is 0 Å². The van der Waals surface area contributed by atoms with E-state index in [0.29, 0.717) is 18.1 Å². The van der Waals surface area contributed by atoms with Crippen molar-refractivity contribution in [2.75, 3.05) is 12.8 Å². The number of halogens is 1. The number of nitrogens with zero attached hydrogens (tertiary/aromatic N) is 4. The predicted octanol–water partition coefficient (Wildman–Crippen LogP) is 4.75. The lowest BCUT2D eigenvalue weighted by Gasteiger charge is -2.17. The molecule has 0 atom stereocenters. The number of rotatable bonds is 8. The first kappa shape index (κ1) is 21.8. The highest BCUT2D eigenvalue weighted by molar-refractivity contribution is 7.99. The largest absolute Gasteiger partial charge is 0.341 e. The molecule has 1 heterocycles. The van der Waals surface area contributed by atoms with Crippen LogP contribution in [0.1, 0.15) is 17.0 Å². The van der Waals surface area contributed by atoms with Gasteiger partial charge in [0.2, 0.25) is 5.91 Å². The Balaban J connectivity index is 1.49. The fourth-order valence-corrected chi connectivity index (χ4v) is 4.22. The van der Waals surface area contributed by atoms with Gasteiger partial charge in [0.05, 0.1) is 5.75 Å². The smallest absolute Gasteiger partial charge is 0.233 e. The summed E-state index contributed by atoms with van der Waals surface area (Å²) in [5.74, 6) is 0.724. The molecule has 5 nitrogen and oxygen atoms in total. The second-order valence-electron chi connectivity index (χ2n) is 7.40. The molecule has 0 saturated heterocycles. The van der Waals surface area contributed by atoms with Crippen molar-refractivity contribution >= 4 is 17.7 Å². The summed E-state index contributed by atoms with van der Waals surface area (Å²) in [7, 11) is 1.75. The Bertz CT molecular complexity index is 1160. The van der Waals surface area contributed by atoms with Gasteiger partial charge in [0.1, 0.15) is 11.6 Å². The minimum Gasteiger partial charge on any atom is -0.341 e. The van der Waals surface area contributed by atoms with Gasteiger partial charge in [-0.1, -0.05) is 72.4 Å². The first-order chi connectivity index (χ1) is 15.6. The molecule has 0 aliphatic carbocycles. The van der Waals surface area contributed by atoms with E-state index in [0.717, 1.165) is 22.6 Å². The minimum absolute atomic E-state index is 0.0356. The van der Waals surface area contributed by atoms with E-state index in [1.54, 1.807) is 24.1 Å². The molecular formula is C25H23FN4OS. The molecule has 1 amide bonds. The maximum absolute atomic E-state index is 13.1. The molecule has 162 valence electrons. The number of aromatic nitrogens is 3. The van der Waals surface area contributed by atoms with Crippen molar-refractivity contribution in [3.05, 3.63) is 108 Å². The van der Waals surface area contributed by atoms with Crippen molar-refractivity contribution in [1.82, 2.24) is 19.7 Å². The van der Waals surface area contributed by atoms with Crippen molar-refractivity contribution < 1.29 is 9.18 Å². The number of carbonyl (C=O) groups is 1. The van der Waals surface area contributed by atoms with E-state index in [4.69, 9.17) is 0 Å². The third-order valence-electron chi connectivity index (χ3n) is 5.00. The highest BCUT2D eigenvalue weighted by Crippen LogP contribution is 2.24. The zero-order valence-corrected chi connectivity index (χ0v) is 18.5. The maximum Gasteiger partial charge on any atom is 0.233 e. The second-order valence-corrected chi connectivity index (χ2v) is 8.34. The average Bonchev–Trinajstić information content (AvgIpc) is 3.22. The van der Waals surface area contributed by atoms with Crippen LogP contribution >= 0.6 is 11.8 Å². The molecule has 0 radical (unpaired) electrons. The summed E-state index contributed by atoms with van der Waals surface area (Å²) in [5.41, 5.74) is 2.98. The lowest BCUT2D eigenvalue weighted by atomic mass is 10.1. The van der Waals surface area contributed by atoms with E-state index < -0.39 is 0 Å². The van der Waals surface area contributed by atoms with Gasteiger partial charge in [0.25, 0.3) is 0 Å². The zero-order chi connectivity index (χ0) is 22.3. The second kappa shape index (κ2) is 10.2. The monoisotopic (exact) mass is 446 g/mol. The van der Waals surface area contributed by atoms with Crippen LogP contribution in [0, 0.1) is 5.82 Å². The molecule has 0 N–H and O–H groups in total. The van der Waals surface area contributed by atoms with Gasteiger partial charge >= 0.3 is 0 Å². The van der Waals surface area contributed by atoms with Crippen LogP contribution in [-0.4, -0.2) is 38.4 Å². The lowest BCUT2D eigenvalue weighted by Crippen LogP contribution is -2.27. The quantitative estimate of drug-likeness (QED) is 0.367. The van der Waals surface area contributed by atoms with Gasteiger partial charge in [-0.15, -0.1) is 10.2 Å². The Morgan fingerprint density at radius 1 is 0.906 bits per heavy atom. The van der Waals surface area contributed by atoms with Crippen molar-refractivity contribution in [1.29, 1.82) is 0 Å². The van der Waals surface area contributed by atoms with E-state index in [-0.39, 0.29) is 17.5 Å². The Morgan fingerprint density at radius 2 is 1.56 bits per heavy atom. The van der Waals surface area contributed by atoms with Crippen molar-refractivity contribution in [2.24, 2.45) is 0 Å². The fraction of sp³-hybridized carbons (Fsp3) is 0.160. The van der Waals surface area contributed by atoms with E-state index in [9.17, 15) is 9.18 Å². The molecule has 4 rings (SSSR count). The van der Waals surface area contributed by atoms with Crippen molar-refractivity contribution in [2.45, 2.75) is 18.1 Å². The summed E-state index contributed by atoms with van der Waals surface area (Å²) < 4.78 is 15.1. The molecule has 0 unspecified atom stereocenters. The van der Waals surface area contributed by atoms with Crippen molar-refractivity contribution in [3.8, 4) is 5.69 Å². The molecule has 0 fully saturated rings. The normalized spacial score (nSPS) is 10.8. The van der Waals surface area contributed by atoms with Gasteiger partial charge in [-0.25, -0.2) is 4.39 Å². The van der Waals surface area contributed by atoms with Gasteiger partial charge in [0, 0.05) is 25.7 Å². The molecule has 32 heavy (non-hydrogen) atoms. The number of thioether (sulfide) groups is 1. The highest BCUT2D eigenvalue weighted by Gasteiger charge is 2.17. The summed E-state index contributed by atoms with van der Waals surface area (Å²) in [6.45, 7) is 0.421. The molecular weight excluding hydrogens is 423 g/mol. The Morgan fingerprint density at radius 3 is 2.25 bits per heavy atom. The number of carbonyl (C=O) groups excluding carboxylic acids is 1. The molecule has 7 heteroatoms. The minimum atomic E-state index is -0.287. The molecule has 0 saturated carbocycles. The number of hydrogen-bond acceptors (Lipinski definition) is 4. The van der Waals surface area contributed by atoms with Crippen LogP contribution in [0.5, 0.6) is 0 Å². The number of amides is 1. The summed E-state index contributed by atoms with van der Waals surface area (Å²) in [4.78, 5) is 14.3. The molecule has 0 bridgehead atoms. The van der Waals surface area contributed by atoms with Crippen LogP contribution in [0.15, 0.2) is 90.1 Å². The topological polar surface area (TPSA) is 51.0 Å². The average molecular weight is 447 g/mol. The third kappa shape index (κ3) is 5.42. The fourth-order valence-electron chi connectivity index (χ4n) is 3.31. The van der Waals surface area contributed by atoms with Gasteiger partial charge in [0.15, 0.2) is 5.16 Å². The van der Waals surface area contributed by atoms with Crippen LogP contribution in [0.25, 0.3) is 5.69 Å². The van der Waals surface area contributed by atoms with Gasteiger partial charge < -0.3 is 4.90 Å². The van der Waals surface area contributed by atoms with Crippen LogP contribution in [0.4, 0.5) is 4.39 Å². The van der Waals surface area contributed by atoms with Crippen LogP contribution in [0.3, 0.4) is 0 Å². The maximum atomic E-state index is 13.1. The molecule has 3 aromatic carbocycles. The summed E-state index contributed by atoms with van der Waals surface area (Å²) in [6, 6.07) is 26.2. The first-order valence-corrected chi connectivity index (χ1v) is 11.2. The predicted molar refractivity (Wildman–Crippen MR) is 124 cm³/mol.